The van der Waals surface area contributed by atoms with Gasteiger partial charge in [-0.05, 0) is 38.7 Å². The summed E-state index contributed by atoms with van der Waals surface area (Å²) in [4.78, 5) is 16.6. The van der Waals surface area contributed by atoms with Gasteiger partial charge in [0.05, 0.1) is 19.3 Å². The summed E-state index contributed by atoms with van der Waals surface area (Å²) in [7, 11) is 4.12. The molecule has 0 unspecified atom stereocenters. The van der Waals surface area contributed by atoms with E-state index in [1.165, 1.54) is 0 Å². The molecular weight excluding hydrogens is 304 g/mol. The highest BCUT2D eigenvalue weighted by atomic mass is 16.5. The molecule has 0 aromatic heterocycles. The maximum atomic E-state index is 12.3. The molecule has 1 heterocycles. The van der Waals surface area contributed by atoms with Crippen molar-refractivity contribution >= 4 is 11.6 Å². The molecule has 1 saturated heterocycles. The Morgan fingerprint density at radius 1 is 1.25 bits per heavy atom. The third-order valence-electron chi connectivity index (χ3n) is 4.28. The molecule has 0 radical (unpaired) electrons. The zero-order valence-corrected chi connectivity index (χ0v) is 15.0. The Morgan fingerprint density at radius 3 is 2.54 bits per heavy atom. The number of nitrogens with one attached hydrogen (secondary N) is 2. The third-order valence-corrected chi connectivity index (χ3v) is 4.28. The summed E-state index contributed by atoms with van der Waals surface area (Å²) in [5, 5.41) is 6.41. The molecule has 6 heteroatoms. The van der Waals surface area contributed by atoms with Gasteiger partial charge in [0, 0.05) is 38.4 Å². The van der Waals surface area contributed by atoms with E-state index >= 15 is 0 Å². The minimum absolute atomic E-state index is 0.0742. The molecule has 2 N–H and O–H groups in total. The minimum atomic E-state index is -0.110. The zero-order chi connectivity index (χ0) is 17.4. The SMILES string of the molecule is C[C@H](C(=O)NCc1ccc(NCCN(C)C)cc1)N1CCOCC1. The number of carbonyl (C=O) groups is 1. The van der Waals surface area contributed by atoms with Gasteiger partial charge in [-0.1, -0.05) is 12.1 Å². The van der Waals surface area contributed by atoms with E-state index in [4.69, 9.17) is 4.74 Å². The molecule has 1 aromatic rings. The van der Waals surface area contributed by atoms with Gasteiger partial charge in [0.2, 0.25) is 5.91 Å². The van der Waals surface area contributed by atoms with Gasteiger partial charge >= 0.3 is 0 Å². The second-order valence-corrected chi connectivity index (χ2v) is 6.47. The Hall–Kier alpha value is -1.63. The molecule has 0 aliphatic carbocycles. The molecule has 1 fully saturated rings. The molecule has 24 heavy (non-hydrogen) atoms. The van der Waals surface area contributed by atoms with Gasteiger partial charge in [0.25, 0.3) is 0 Å². The van der Waals surface area contributed by atoms with Gasteiger partial charge < -0.3 is 20.3 Å². The quantitative estimate of drug-likeness (QED) is 0.743. The van der Waals surface area contributed by atoms with Crippen LogP contribution < -0.4 is 10.6 Å². The molecule has 0 spiro atoms. The summed E-state index contributed by atoms with van der Waals surface area (Å²) in [6.07, 6.45) is 0. The minimum Gasteiger partial charge on any atom is -0.384 e. The number of hydrogen-bond acceptors (Lipinski definition) is 5. The maximum Gasteiger partial charge on any atom is 0.237 e. The highest BCUT2D eigenvalue weighted by molar-refractivity contribution is 5.81. The normalized spacial score (nSPS) is 16.8. The first-order valence-electron chi connectivity index (χ1n) is 8.63. The number of carbonyl (C=O) groups excluding carboxylic acids is 1. The van der Waals surface area contributed by atoms with Crippen LogP contribution in [-0.4, -0.2) is 75.2 Å². The summed E-state index contributed by atoms with van der Waals surface area (Å²) >= 11 is 0. The molecule has 1 aliphatic rings. The van der Waals surface area contributed by atoms with Gasteiger partial charge in [-0.2, -0.15) is 0 Å². The number of nitrogens with zero attached hydrogens (tertiary/aromatic N) is 2. The first-order chi connectivity index (χ1) is 11.6. The van der Waals surface area contributed by atoms with Gasteiger partial charge in [0.15, 0.2) is 0 Å². The summed E-state index contributed by atoms with van der Waals surface area (Å²) in [6, 6.07) is 8.11. The van der Waals surface area contributed by atoms with E-state index in [1.54, 1.807) is 0 Å². The molecule has 0 bridgehead atoms. The van der Waals surface area contributed by atoms with Crippen molar-refractivity contribution in [3.63, 3.8) is 0 Å². The average molecular weight is 334 g/mol. The van der Waals surface area contributed by atoms with Crippen LogP contribution in [0.25, 0.3) is 0 Å². The molecule has 1 amide bonds. The highest BCUT2D eigenvalue weighted by Crippen LogP contribution is 2.10. The number of amides is 1. The van der Waals surface area contributed by atoms with E-state index in [2.05, 4.69) is 58.8 Å². The molecule has 2 rings (SSSR count). The van der Waals surface area contributed by atoms with Crippen molar-refractivity contribution in [3.05, 3.63) is 29.8 Å². The summed E-state index contributed by atoms with van der Waals surface area (Å²) < 4.78 is 5.33. The Bertz CT molecular complexity index is 498. The zero-order valence-electron chi connectivity index (χ0n) is 15.0. The van der Waals surface area contributed by atoms with Crippen molar-refractivity contribution in [3.8, 4) is 0 Å². The Labute approximate surface area is 145 Å². The van der Waals surface area contributed by atoms with Crippen LogP contribution >= 0.6 is 0 Å². The van der Waals surface area contributed by atoms with Crippen molar-refractivity contribution in [1.82, 2.24) is 15.1 Å². The van der Waals surface area contributed by atoms with E-state index in [0.717, 1.165) is 37.4 Å². The lowest BCUT2D eigenvalue weighted by Crippen LogP contribution is -2.49. The molecule has 1 atom stereocenters. The van der Waals surface area contributed by atoms with Gasteiger partial charge in [0.1, 0.15) is 0 Å². The fraction of sp³-hybridized carbons (Fsp3) is 0.611. The van der Waals surface area contributed by atoms with Crippen molar-refractivity contribution in [2.24, 2.45) is 0 Å². The first-order valence-corrected chi connectivity index (χ1v) is 8.63. The predicted molar refractivity (Wildman–Crippen MR) is 97.2 cm³/mol. The van der Waals surface area contributed by atoms with Crippen LogP contribution in [-0.2, 0) is 16.1 Å². The summed E-state index contributed by atoms with van der Waals surface area (Å²) in [5.74, 6) is 0.0742. The standard InChI is InChI=1S/C18H30N4O2/c1-15(22-10-12-24-13-11-22)18(23)20-14-16-4-6-17(7-5-16)19-8-9-21(2)3/h4-7,15,19H,8-14H2,1-3H3,(H,20,23)/t15-/m1/s1. The van der Waals surface area contributed by atoms with Crippen LogP contribution in [0.3, 0.4) is 0 Å². The van der Waals surface area contributed by atoms with E-state index in [-0.39, 0.29) is 11.9 Å². The van der Waals surface area contributed by atoms with Gasteiger partial charge in [-0.15, -0.1) is 0 Å². The third kappa shape index (κ3) is 6.11. The highest BCUT2D eigenvalue weighted by Gasteiger charge is 2.22. The molecular formula is C18H30N4O2. The van der Waals surface area contributed by atoms with Gasteiger partial charge in [-0.3, -0.25) is 9.69 Å². The average Bonchev–Trinajstić information content (AvgIpc) is 2.60. The molecule has 134 valence electrons. The summed E-state index contributed by atoms with van der Waals surface area (Å²) in [5.41, 5.74) is 2.21. The van der Waals surface area contributed by atoms with Crippen LogP contribution in [0.1, 0.15) is 12.5 Å². The number of morpholine rings is 1. The smallest absolute Gasteiger partial charge is 0.237 e. The topological polar surface area (TPSA) is 56.8 Å². The maximum absolute atomic E-state index is 12.3. The largest absolute Gasteiger partial charge is 0.384 e. The number of benzene rings is 1. The van der Waals surface area contributed by atoms with Crippen molar-refractivity contribution in [2.75, 3.05) is 58.8 Å². The second kappa shape index (κ2) is 9.61. The van der Waals surface area contributed by atoms with Crippen LogP contribution in [0.2, 0.25) is 0 Å². The first kappa shape index (κ1) is 18.7. The second-order valence-electron chi connectivity index (χ2n) is 6.47. The lowest BCUT2D eigenvalue weighted by Gasteiger charge is -2.31. The van der Waals surface area contributed by atoms with E-state index < -0.39 is 0 Å². The Morgan fingerprint density at radius 2 is 1.92 bits per heavy atom. The van der Waals surface area contributed by atoms with Crippen LogP contribution in [0.5, 0.6) is 0 Å². The number of hydrogen-bond donors (Lipinski definition) is 2. The van der Waals surface area contributed by atoms with Crippen molar-refractivity contribution in [2.45, 2.75) is 19.5 Å². The molecule has 1 aromatic carbocycles. The van der Waals surface area contributed by atoms with Crippen LogP contribution in [0.15, 0.2) is 24.3 Å². The number of anilines is 1. The van der Waals surface area contributed by atoms with Crippen LogP contribution in [0, 0.1) is 0 Å². The summed E-state index contributed by atoms with van der Waals surface area (Å²) in [6.45, 7) is 7.49. The van der Waals surface area contributed by atoms with E-state index in [1.807, 2.05) is 6.92 Å². The van der Waals surface area contributed by atoms with Gasteiger partial charge in [-0.25, -0.2) is 0 Å². The number of rotatable bonds is 8. The Balaban J connectivity index is 1.73. The number of likely N-dealkylation sites (N-methyl/N-ethyl adjacent to an activating group) is 1. The lowest BCUT2D eigenvalue weighted by molar-refractivity contribution is -0.127. The van der Waals surface area contributed by atoms with E-state index in [9.17, 15) is 4.79 Å². The van der Waals surface area contributed by atoms with E-state index in [0.29, 0.717) is 19.8 Å². The number of ether oxygens (including phenoxy) is 1. The van der Waals surface area contributed by atoms with Crippen LogP contribution in [0.4, 0.5) is 5.69 Å². The fourth-order valence-electron chi connectivity index (χ4n) is 2.63. The monoisotopic (exact) mass is 334 g/mol. The fourth-order valence-corrected chi connectivity index (χ4v) is 2.63. The van der Waals surface area contributed by atoms with Crippen molar-refractivity contribution < 1.29 is 9.53 Å². The predicted octanol–water partition coefficient (Wildman–Crippen LogP) is 0.997. The van der Waals surface area contributed by atoms with Crippen molar-refractivity contribution in [1.29, 1.82) is 0 Å². The molecule has 1 aliphatic heterocycles. The molecule has 0 saturated carbocycles. The Kier molecular flexibility index (Phi) is 7.49. The molecule has 6 nitrogen and oxygen atoms in total. The lowest BCUT2D eigenvalue weighted by atomic mass is 10.2.